The molecule has 102 valence electrons. The van der Waals surface area contributed by atoms with E-state index in [1.807, 2.05) is 24.3 Å². The highest BCUT2D eigenvalue weighted by molar-refractivity contribution is 5.61. The Morgan fingerprint density at radius 1 is 1.20 bits per heavy atom. The third-order valence-corrected chi connectivity index (χ3v) is 3.16. The Balaban J connectivity index is 2.15. The van der Waals surface area contributed by atoms with Crippen LogP contribution in [0.4, 0.5) is 8.78 Å². The van der Waals surface area contributed by atoms with Gasteiger partial charge in [0.2, 0.25) is 0 Å². The van der Waals surface area contributed by atoms with E-state index in [9.17, 15) is 8.78 Å². The molecule has 1 aromatic carbocycles. The molecular weight excluding hydrogens is 262 g/mol. The number of benzene rings is 1. The molecule has 0 fully saturated rings. The van der Waals surface area contributed by atoms with Gasteiger partial charge in [-0.15, -0.1) is 0 Å². The van der Waals surface area contributed by atoms with Crippen molar-refractivity contribution >= 4 is 5.78 Å². The van der Waals surface area contributed by atoms with Crippen molar-refractivity contribution in [1.82, 2.24) is 19.6 Å². The van der Waals surface area contributed by atoms with Crippen molar-refractivity contribution in [2.75, 3.05) is 0 Å². The number of rotatable bonds is 3. The fraction of sp³-hybridized carbons (Fsp3) is 0.214. The van der Waals surface area contributed by atoms with Gasteiger partial charge in [0.05, 0.1) is 5.69 Å². The highest BCUT2D eigenvalue weighted by atomic mass is 19.3. The summed E-state index contributed by atoms with van der Waals surface area (Å²) in [6, 6.07) is 9.04. The Hall–Kier alpha value is -2.37. The number of hydrogen-bond donors (Lipinski definition) is 0. The smallest absolute Gasteiger partial charge is 0.211 e. The molecule has 0 spiro atoms. The van der Waals surface area contributed by atoms with E-state index in [0.29, 0.717) is 5.69 Å². The first kappa shape index (κ1) is 12.7. The van der Waals surface area contributed by atoms with Gasteiger partial charge in [0.25, 0.3) is 12.2 Å². The standard InChI is InChI=1S/C14H12F2N4/c1-2-9-3-5-10(6-4-9)11-7-12(13(15)16)20-14(19-11)17-8-18-20/h3-8,13H,2H2,1H3. The van der Waals surface area contributed by atoms with E-state index in [1.54, 1.807) is 0 Å². The van der Waals surface area contributed by atoms with Crippen molar-refractivity contribution in [2.24, 2.45) is 0 Å². The number of alkyl halides is 2. The van der Waals surface area contributed by atoms with Crippen LogP contribution in [0.5, 0.6) is 0 Å². The van der Waals surface area contributed by atoms with Gasteiger partial charge in [-0.1, -0.05) is 31.2 Å². The van der Waals surface area contributed by atoms with E-state index >= 15 is 0 Å². The third-order valence-electron chi connectivity index (χ3n) is 3.16. The van der Waals surface area contributed by atoms with E-state index < -0.39 is 6.43 Å². The second kappa shape index (κ2) is 4.96. The molecule has 4 nitrogen and oxygen atoms in total. The summed E-state index contributed by atoms with van der Waals surface area (Å²) < 4.78 is 27.2. The Kier molecular flexibility index (Phi) is 3.14. The summed E-state index contributed by atoms with van der Waals surface area (Å²) in [6.45, 7) is 2.06. The lowest BCUT2D eigenvalue weighted by Crippen LogP contribution is -2.02. The molecule has 0 N–H and O–H groups in total. The summed E-state index contributed by atoms with van der Waals surface area (Å²) in [4.78, 5) is 8.15. The molecule has 3 aromatic rings. The van der Waals surface area contributed by atoms with Gasteiger partial charge in [0, 0.05) is 5.56 Å². The largest absolute Gasteiger partial charge is 0.280 e. The molecule has 0 saturated heterocycles. The van der Waals surface area contributed by atoms with Crippen molar-refractivity contribution in [1.29, 1.82) is 0 Å². The van der Waals surface area contributed by atoms with Crippen LogP contribution in [0.1, 0.15) is 24.6 Å². The molecule has 0 amide bonds. The molecule has 20 heavy (non-hydrogen) atoms. The Morgan fingerprint density at radius 3 is 2.60 bits per heavy atom. The second-order valence-corrected chi connectivity index (χ2v) is 4.39. The summed E-state index contributed by atoms with van der Waals surface area (Å²) in [5.74, 6) is 0.178. The van der Waals surface area contributed by atoms with Gasteiger partial charge < -0.3 is 0 Å². The predicted molar refractivity (Wildman–Crippen MR) is 70.6 cm³/mol. The molecule has 0 aliphatic carbocycles. The zero-order chi connectivity index (χ0) is 14.1. The maximum Gasteiger partial charge on any atom is 0.280 e. The first-order chi connectivity index (χ1) is 9.69. The van der Waals surface area contributed by atoms with E-state index in [1.165, 1.54) is 18.0 Å². The number of aryl methyl sites for hydroxylation is 1. The minimum Gasteiger partial charge on any atom is -0.211 e. The van der Waals surface area contributed by atoms with Gasteiger partial charge in [-0.05, 0) is 18.1 Å². The Morgan fingerprint density at radius 2 is 1.95 bits per heavy atom. The number of fused-ring (bicyclic) bond motifs is 1. The molecule has 6 heteroatoms. The van der Waals surface area contributed by atoms with Crippen LogP contribution in [-0.2, 0) is 6.42 Å². The van der Waals surface area contributed by atoms with Gasteiger partial charge in [-0.25, -0.2) is 13.8 Å². The summed E-state index contributed by atoms with van der Waals surface area (Å²) in [5, 5.41) is 3.77. The molecule has 0 saturated carbocycles. The van der Waals surface area contributed by atoms with Crippen LogP contribution in [0, 0.1) is 0 Å². The Labute approximate surface area is 114 Å². The summed E-state index contributed by atoms with van der Waals surface area (Å²) in [6.07, 6.45) is -0.479. The zero-order valence-corrected chi connectivity index (χ0v) is 10.8. The van der Waals surface area contributed by atoms with Crippen molar-refractivity contribution in [3.63, 3.8) is 0 Å². The average molecular weight is 274 g/mol. The summed E-state index contributed by atoms with van der Waals surface area (Å²) >= 11 is 0. The van der Waals surface area contributed by atoms with Crippen molar-refractivity contribution in [2.45, 2.75) is 19.8 Å². The van der Waals surface area contributed by atoms with Crippen LogP contribution in [0.2, 0.25) is 0 Å². The lowest BCUT2D eigenvalue weighted by atomic mass is 10.1. The molecule has 3 rings (SSSR count). The number of halogens is 2. The van der Waals surface area contributed by atoms with Crippen LogP contribution in [0.15, 0.2) is 36.7 Å². The fourth-order valence-corrected chi connectivity index (χ4v) is 2.05. The number of hydrogen-bond acceptors (Lipinski definition) is 3. The minimum absolute atomic E-state index is 0.178. The highest BCUT2D eigenvalue weighted by Gasteiger charge is 2.16. The molecule has 0 radical (unpaired) electrons. The van der Waals surface area contributed by atoms with Crippen molar-refractivity contribution in [3.8, 4) is 11.3 Å². The number of nitrogens with zero attached hydrogens (tertiary/aromatic N) is 4. The first-order valence-corrected chi connectivity index (χ1v) is 6.27. The van der Waals surface area contributed by atoms with E-state index in [-0.39, 0.29) is 11.5 Å². The van der Waals surface area contributed by atoms with Gasteiger partial charge >= 0.3 is 0 Å². The molecule has 0 bridgehead atoms. The van der Waals surface area contributed by atoms with Crippen LogP contribution in [-0.4, -0.2) is 19.6 Å². The zero-order valence-electron chi connectivity index (χ0n) is 10.8. The van der Waals surface area contributed by atoms with E-state index in [2.05, 4.69) is 22.0 Å². The molecule has 2 aromatic heterocycles. The molecule has 2 heterocycles. The van der Waals surface area contributed by atoms with Gasteiger partial charge in [-0.3, -0.25) is 0 Å². The maximum atomic E-state index is 13.1. The topological polar surface area (TPSA) is 43.1 Å². The predicted octanol–water partition coefficient (Wildman–Crippen LogP) is 3.29. The van der Waals surface area contributed by atoms with E-state index in [0.717, 1.165) is 16.5 Å². The molecule has 0 atom stereocenters. The number of aromatic nitrogens is 4. The van der Waals surface area contributed by atoms with Gasteiger partial charge in [0.15, 0.2) is 0 Å². The summed E-state index contributed by atoms with van der Waals surface area (Å²) in [5.41, 5.74) is 2.24. The lowest BCUT2D eigenvalue weighted by Gasteiger charge is -2.07. The molecular formula is C14H12F2N4. The van der Waals surface area contributed by atoms with Gasteiger partial charge in [0.1, 0.15) is 12.0 Å². The molecule has 0 aliphatic rings. The third kappa shape index (κ3) is 2.13. The first-order valence-electron chi connectivity index (χ1n) is 6.27. The average Bonchev–Trinajstić information content (AvgIpc) is 2.94. The molecule has 0 aliphatic heterocycles. The molecule has 0 unspecified atom stereocenters. The lowest BCUT2D eigenvalue weighted by molar-refractivity contribution is 0.143. The monoisotopic (exact) mass is 274 g/mol. The highest BCUT2D eigenvalue weighted by Crippen LogP contribution is 2.25. The summed E-state index contributed by atoms with van der Waals surface area (Å²) in [7, 11) is 0. The normalized spacial score (nSPS) is 11.4. The van der Waals surface area contributed by atoms with E-state index in [4.69, 9.17) is 0 Å². The van der Waals surface area contributed by atoms with Crippen LogP contribution in [0.25, 0.3) is 17.0 Å². The van der Waals surface area contributed by atoms with Crippen molar-refractivity contribution in [3.05, 3.63) is 47.9 Å². The fourth-order valence-electron chi connectivity index (χ4n) is 2.05. The van der Waals surface area contributed by atoms with Gasteiger partial charge in [-0.2, -0.15) is 14.6 Å². The minimum atomic E-state index is -2.63. The quantitative estimate of drug-likeness (QED) is 0.736. The van der Waals surface area contributed by atoms with Crippen LogP contribution < -0.4 is 0 Å². The second-order valence-electron chi connectivity index (χ2n) is 4.39. The SMILES string of the molecule is CCc1ccc(-c2cc(C(F)F)n3ncnc3n2)cc1. The maximum absolute atomic E-state index is 13.1. The van der Waals surface area contributed by atoms with Crippen LogP contribution >= 0.6 is 0 Å². The Bertz CT molecular complexity index is 735. The van der Waals surface area contributed by atoms with Crippen molar-refractivity contribution < 1.29 is 8.78 Å². The van der Waals surface area contributed by atoms with Crippen LogP contribution in [0.3, 0.4) is 0 Å².